The highest BCUT2D eigenvalue weighted by Crippen LogP contribution is 2.13. The number of hydrogen-bond donors (Lipinski definition) is 1. The van der Waals surface area contributed by atoms with Crippen molar-refractivity contribution in [2.75, 3.05) is 18.3 Å². The van der Waals surface area contributed by atoms with Crippen LogP contribution in [-0.2, 0) is 11.2 Å². The molecule has 0 fully saturated rings. The third-order valence-corrected chi connectivity index (χ3v) is 3.55. The second-order valence-electron chi connectivity index (χ2n) is 4.39. The maximum Gasteiger partial charge on any atom is 0.276 e. The van der Waals surface area contributed by atoms with Crippen LogP contribution in [0, 0.1) is 6.92 Å². The Morgan fingerprint density at radius 3 is 2.67 bits per heavy atom. The minimum absolute atomic E-state index is 0.0586. The second kappa shape index (κ2) is 7.12. The van der Waals surface area contributed by atoms with E-state index in [9.17, 15) is 4.79 Å². The van der Waals surface area contributed by atoms with Crippen LogP contribution in [0.1, 0.15) is 18.3 Å². The second-order valence-corrected chi connectivity index (χ2v) is 5.16. The van der Waals surface area contributed by atoms with Gasteiger partial charge in [-0.2, -0.15) is 0 Å². The van der Waals surface area contributed by atoms with E-state index in [1.165, 1.54) is 17.3 Å². The first-order valence-electron chi connectivity index (χ1n) is 6.61. The van der Waals surface area contributed by atoms with Gasteiger partial charge in [0.05, 0.1) is 0 Å². The van der Waals surface area contributed by atoms with Gasteiger partial charge in [-0.1, -0.05) is 30.8 Å². The van der Waals surface area contributed by atoms with Crippen molar-refractivity contribution in [1.29, 1.82) is 0 Å². The zero-order valence-corrected chi connectivity index (χ0v) is 13.1. The lowest BCUT2D eigenvalue weighted by Gasteiger charge is -2.10. The Hall–Kier alpha value is -2.02. The molecule has 2 aromatic rings. The summed E-state index contributed by atoms with van der Waals surface area (Å²) in [5.74, 6) is 1.04. The summed E-state index contributed by atoms with van der Waals surface area (Å²) in [7, 11) is 0. The lowest BCUT2D eigenvalue weighted by atomic mass is 10.2. The van der Waals surface area contributed by atoms with Gasteiger partial charge in [-0.05, 0) is 37.3 Å². The number of nitrogens with one attached hydrogen (secondary N) is 1. The Morgan fingerprint density at radius 2 is 2.05 bits per heavy atom. The fourth-order valence-electron chi connectivity index (χ4n) is 1.73. The molecule has 1 N–H and O–H groups in total. The fraction of sp³-hybridized carbons (Fsp3) is 0.357. The average Bonchev–Trinajstić information content (AvgIpc) is 2.86. The van der Waals surface area contributed by atoms with E-state index in [-0.39, 0.29) is 12.5 Å². The van der Waals surface area contributed by atoms with Crippen LogP contribution < -0.4 is 10.2 Å². The van der Waals surface area contributed by atoms with Gasteiger partial charge in [0.25, 0.3) is 5.91 Å². The van der Waals surface area contributed by atoms with Crippen molar-refractivity contribution in [2.24, 2.45) is 0 Å². The van der Waals surface area contributed by atoms with Crippen LogP contribution in [0.2, 0.25) is 0 Å². The molecule has 7 heteroatoms. The van der Waals surface area contributed by atoms with Gasteiger partial charge in [-0.25, -0.2) is 4.68 Å². The first-order chi connectivity index (χ1) is 10.1. The highest BCUT2D eigenvalue weighted by atomic mass is 32.2. The molecular formula is C14H18N4O2S. The van der Waals surface area contributed by atoms with E-state index in [4.69, 9.17) is 4.74 Å². The molecule has 1 amide bonds. The van der Waals surface area contributed by atoms with Crippen molar-refractivity contribution in [2.45, 2.75) is 25.4 Å². The lowest BCUT2D eigenvalue weighted by molar-refractivity contribution is -0.119. The summed E-state index contributed by atoms with van der Waals surface area (Å²) in [4.78, 5) is 11.9. The minimum Gasteiger partial charge on any atom is -0.484 e. The van der Waals surface area contributed by atoms with Gasteiger partial charge in [0.2, 0.25) is 5.16 Å². The summed E-state index contributed by atoms with van der Waals surface area (Å²) in [5.41, 5.74) is 3.94. The number of ether oxygens (including phenoxy) is 1. The standard InChI is InChI=1S/C14H18N4O2S/c1-4-11-5-7-12(8-6-11)20-9-13(19)17-18-10(2)15-16-14(18)21-3/h5-8H,4,9H2,1-3H3,(H,17,19). The van der Waals surface area contributed by atoms with Crippen LogP contribution >= 0.6 is 11.8 Å². The van der Waals surface area contributed by atoms with Gasteiger partial charge in [0, 0.05) is 0 Å². The molecule has 1 aromatic carbocycles. The molecule has 2 rings (SSSR count). The number of carbonyl (C=O) groups excluding carboxylic acids is 1. The van der Waals surface area contributed by atoms with Gasteiger partial charge in [0.15, 0.2) is 6.61 Å². The molecule has 0 unspecified atom stereocenters. The minimum atomic E-state index is -0.257. The number of rotatable bonds is 6. The van der Waals surface area contributed by atoms with E-state index in [0.717, 1.165) is 6.42 Å². The number of nitrogens with zero attached hydrogens (tertiary/aromatic N) is 3. The molecule has 0 aliphatic rings. The van der Waals surface area contributed by atoms with E-state index in [2.05, 4.69) is 22.5 Å². The van der Waals surface area contributed by atoms with Crippen LogP contribution in [0.25, 0.3) is 0 Å². The predicted octanol–water partition coefficient (Wildman–Crippen LogP) is 2.02. The monoisotopic (exact) mass is 306 g/mol. The summed E-state index contributed by atoms with van der Waals surface area (Å²) >= 11 is 1.41. The van der Waals surface area contributed by atoms with Crippen LogP contribution in [0.5, 0.6) is 5.75 Å². The van der Waals surface area contributed by atoms with Gasteiger partial charge in [0.1, 0.15) is 11.6 Å². The first-order valence-corrected chi connectivity index (χ1v) is 7.84. The quantitative estimate of drug-likeness (QED) is 0.827. The summed E-state index contributed by atoms with van der Waals surface area (Å²) in [6.45, 7) is 3.81. The molecule has 0 radical (unpaired) electrons. The fourth-order valence-corrected chi connectivity index (χ4v) is 2.21. The molecule has 6 nitrogen and oxygen atoms in total. The third kappa shape index (κ3) is 3.98. The van der Waals surface area contributed by atoms with Gasteiger partial charge < -0.3 is 4.74 Å². The average molecular weight is 306 g/mol. The highest BCUT2D eigenvalue weighted by molar-refractivity contribution is 7.98. The summed E-state index contributed by atoms with van der Waals surface area (Å²) in [6.07, 6.45) is 2.85. The van der Waals surface area contributed by atoms with Crippen molar-refractivity contribution in [3.8, 4) is 5.75 Å². The van der Waals surface area contributed by atoms with Crippen LogP contribution in [0.4, 0.5) is 0 Å². The Balaban J connectivity index is 1.91. The summed E-state index contributed by atoms with van der Waals surface area (Å²) < 4.78 is 7.01. The third-order valence-electron chi connectivity index (χ3n) is 2.92. The van der Waals surface area contributed by atoms with E-state index in [1.807, 2.05) is 30.5 Å². The molecule has 0 bridgehead atoms. The molecule has 0 atom stereocenters. The SMILES string of the molecule is CCc1ccc(OCC(=O)Nn2c(C)nnc2SC)cc1. The van der Waals surface area contributed by atoms with Crippen molar-refractivity contribution >= 4 is 17.7 Å². The van der Waals surface area contributed by atoms with E-state index in [1.54, 1.807) is 11.6 Å². The van der Waals surface area contributed by atoms with E-state index in [0.29, 0.717) is 16.7 Å². The number of carbonyl (C=O) groups is 1. The smallest absolute Gasteiger partial charge is 0.276 e. The molecule has 1 aromatic heterocycles. The summed E-state index contributed by atoms with van der Waals surface area (Å²) in [5, 5.41) is 8.49. The highest BCUT2D eigenvalue weighted by Gasteiger charge is 2.11. The van der Waals surface area contributed by atoms with Gasteiger partial charge in [-0.3, -0.25) is 10.2 Å². The Morgan fingerprint density at radius 1 is 1.33 bits per heavy atom. The van der Waals surface area contributed by atoms with Crippen molar-refractivity contribution in [1.82, 2.24) is 14.9 Å². The molecule has 0 saturated heterocycles. The topological polar surface area (TPSA) is 69.0 Å². The Kier molecular flexibility index (Phi) is 5.21. The van der Waals surface area contributed by atoms with Crippen LogP contribution in [-0.4, -0.2) is 33.6 Å². The van der Waals surface area contributed by atoms with Crippen molar-refractivity contribution in [3.63, 3.8) is 0 Å². The molecule has 1 heterocycles. The van der Waals surface area contributed by atoms with Crippen molar-refractivity contribution in [3.05, 3.63) is 35.7 Å². The van der Waals surface area contributed by atoms with E-state index < -0.39 is 0 Å². The number of aromatic nitrogens is 3. The van der Waals surface area contributed by atoms with Crippen LogP contribution in [0.3, 0.4) is 0 Å². The molecule has 0 spiro atoms. The number of benzene rings is 1. The number of hydrogen-bond acceptors (Lipinski definition) is 5. The zero-order chi connectivity index (χ0) is 15.2. The van der Waals surface area contributed by atoms with Gasteiger partial charge in [-0.15, -0.1) is 10.2 Å². The molecule has 0 aliphatic heterocycles. The number of thioether (sulfide) groups is 1. The van der Waals surface area contributed by atoms with Gasteiger partial charge >= 0.3 is 0 Å². The molecular weight excluding hydrogens is 288 g/mol. The largest absolute Gasteiger partial charge is 0.484 e. The summed E-state index contributed by atoms with van der Waals surface area (Å²) in [6, 6.07) is 7.71. The normalized spacial score (nSPS) is 10.4. The predicted molar refractivity (Wildman–Crippen MR) is 82.2 cm³/mol. The number of amides is 1. The zero-order valence-electron chi connectivity index (χ0n) is 12.3. The Bertz CT molecular complexity index is 610. The Labute approximate surface area is 127 Å². The molecule has 21 heavy (non-hydrogen) atoms. The maximum absolute atomic E-state index is 11.9. The number of aryl methyl sites for hydroxylation is 2. The first kappa shape index (κ1) is 15.4. The molecule has 0 aliphatic carbocycles. The molecule has 0 saturated carbocycles. The van der Waals surface area contributed by atoms with Crippen LogP contribution in [0.15, 0.2) is 29.4 Å². The molecule has 112 valence electrons. The van der Waals surface area contributed by atoms with E-state index >= 15 is 0 Å². The maximum atomic E-state index is 11.9. The lowest BCUT2D eigenvalue weighted by Crippen LogP contribution is -2.29. The van der Waals surface area contributed by atoms with Crippen molar-refractivity contribution < 1.29 is 9.53 Å².